The Hall–Kier alpha value is -1.77. The summed E-state index contributed by atoms with van der Waals surface area (Å²) in [5.41, 5.74) is 0.998. The summed E-state index contributed by atoms with van der Waals surface area (Å²) in [4.78, 5) is 11.9. The number of ether oxygens (including phenoxy) is 1. The third-order valence-electron chi connectivity index (χ3n) is 3.98. The number of rotatable bonds is 4. The number of carbonyl (C=O) groups is 1. The third kappa shape index (κ3) is 4.12. The van der Waals surface area contributed by atoms with E-state index in [-0.39, 0.29) is 5.91 Å². The highest BCUT2D eigenvalue weighted by atomic mass is 16.5. The highest BCUT2D eigenvalue weighted by Crippen LogP contribution is 2.23. The molecule has 0 spiro atoms. The minimum absolute atomic E-state index is 0.000400. The predicted octanol–water partition coefficient (Wildman–Crippen LogP) is 3.40. The average molecular weight is 273 g/mol. The maximum atomic E-state index is 11.9. The first kappa shape index (κ1) is 14.6. The van der Waals surface area contributed by atoms with Gasteiger partial charge in [0, 0.05) is 12.1 Å². The summed E-state index contributed by atoms with van der Waals surface area (Å²) in [6.45, 7) is 2.22. The fourth-order valence-corrected chi connectivity index (χ4v) is 2.65. The first-order valence-corrected chi connectivity index (χ1v) is 7.31. The van der Waals surface area contributed by atoms with Gasteiger partial charge in [0.25, 0.3) is 0 Å². The van der Waals surface area contributed by atoms with Crippen molar-refractivity contribution < 1.29 is 9.53 Å². The maximum absolute atomic E-state index is 11.9. The van der Waals surface area contributed by atoms with Gasteiger partial charge in [-0.1, -0.05) is 31.9 Å². The molecule has 0 aliphatic heterocycles. The molecule has 3 nitrogen and oxygen atoms in total. The van der Waals surface area contributed by atoms with Crippen LogP contribution in [0.4, 0.5) is 0 Å². The van der Waals surface area contributed by atoms with Crippen LogP contribution in [0.5, 0.6) is 5.75 Å². The van der Waals surface area contributed by atoms with Crippen molar-refractivity contribution in [2.24, 2.45) is 5.92 Å². The number of hydrogen-bond donors (Lipinski definition) is 1. The number of amides is 1. The van der Waals surface area contributed by atoms with Crippen molar-refractivity contribution in [1.29, 1.82) is 0 Å². The SMILES string of the molecule is COc1ccc(/C=C\C(=O)N[C@@H]2CCCC[C@H]2C)cc1. The number of nitrogens with one attached hydrogen (secondary N) is 1. The van der Waals surface area contributed by atoms with Crippen molar-refractivity contribution >= 4 is 12.0 Å². The second-order valence-electron chi connectivity index (χ2n) is 5.48. The molecule has 1 aromatic rings. The molecule has 0 heterocycles. The summed E-state index contributed by atoms with van der Waals surface area (Å²) in [5.74, 6) is 1.41. The van der Waals surface area contributed by atoms with Crippen LogP contribution in [0.1, 0.15) is 38.2 Å². The zero-order chi connectivity index (χ0) is 14.4. The van der Waals surface area contributed by atoms with Gasteiger partial charge in [-0.15, -0.1) is 0 Å². The van der Waals surface area contributed by atoms with Gasteiger partial charge in [-0.2, -0.15) is 0 Å². The zero-order valence-corrected chi connectivity index (χ0v) is 12.3. The molecule has 1 saturated carbocycles. The Kier molecular flexibility index (Phi) is 5.22. The van der Waals surface area contributed by atoms with Crippen LogP contribution in [0.2, 0.25) is 0 Å². The molecule has 3 heteroatoms. The van der Waals surface area contributed by atoms with Crippen LogP contribution in [-0.2, 0) is 4.79 Å². The van der Waals surface area contributed by atoms with E-state index in [1.165, 1.54) is 19.3 Å². The third-order valence-corrected chi connectivity index (χ3v) is 3.98. The first-order valence-electron chi connectivity index (χ1n) is 7.31. The Morgan fingerprint density at radius 3 is 2.60 bits per heavy atom. The minimum atomic E-state index is -0.000400. The molecule has 0 aromatic heterocycles. The second kappa shape index (κ2) is 7.13. The molecular formula is C17H23NO2. The number of hydrogen-bond acceptors (Lipinski definition) is 2. The minimum Gasteiger partial charge on any atom is -0.497 e. The van der Waals surface area contributed by atoms with E-state index in [2.05, 4.69) is 12.2 Å². The van der Waals surface area contributed by atoms with Crippen LogP contribution in [-0.4, -0.2) is 19.1 Å². The molecule has 1 N–H and O–H groups in total. The van der Waals surface area contributed by atoms with Crippen molar-refractivity contribution in [3.8, 4) is 5.75 Å². The lowest BCUT2D eigenvalue weighted by Crippen LogP contribution is -2.40. The van der Waals surface area contributed by atoms with E-state index in [9.17, 15) is 4.79 Å². The Morgan fingerprint density at radius 2 is 1.95 bits per heavy atom. The van der Waals surface area contributed by atoms with Crippen LogP contribution < -0.4 is 10.1 Å². The van der Waals surface area contributed by atoms with Crippen molar-refractivity contribution in [3.63, 3.8) is 0 Å². The largest absolute Gasteiger partial charge is 0.497 e. The van der Waals surface area contributed by atoms with Crippen molar-refractivity contribution in [3.05, 3.63) is 35.9 Å². The Balaban J connectivity index is 1.87. The fraction of sp³-hybridized carbons (Fsp3) is 0.471. The van der Waals surface area contributed by atoms with Gasteiger partial charge in [-0.3, -0.25) is 4.79 Å². The Bertz CT molecular complexity index is 464. The molecule has 1 aromatic carbocycles. The summed E-state index contributed by atoms with van der Waals surface area (Å²) >= 11 is 0. The fourth-order valence-electron chi connectivity index (χ4n) is 2.65. The van der Waals surface area contributed by atoms with Gasteiger partial charge in [-0.05, 0) is 42.5 Å². The average Bonchev–Trinajstić information content (AvgIpc) is 2.48. The van der Waals surface area contributed by atoms with E-state index < -0.39 is 0 Å². The van der Waals surface area contributed by atoms with Gasteiger partial charge in [0.15, 0.2) is 0 Å². The smallest absolute Gasteiger partial charge is 0.244 e. The van der Waals surface area contributed by atoms with Gasteiger partial charge in [0.05, 0.1) is 7.11 Å². The standard InChI is InChI=1S/C17H23NO2/c1-13-5-3-4-6-16(13)18-17(19)12-9-14-7-10-15(20-2)11-8-14/h7-13,16H,3-6H2,1-2H3,(H,18,19)/b12-9-/t13-,16-/m1/s1. The Labute approximate surface area is 121 Å². The zero-order valence-electron chi connectivity index (χ0n) is 12.3. The number of benzene rings is 1. The van der Waals surface area contributed by atoms with Gasteiger partial charge in [0.2, 0.25) is 5.91 Å². The van der Waals surface area contributed by atoms with Crippen LogP contribution >= 0.6 is 0 Å². The lowest BCUT2D eigenvalue weighted by Gasteiger charge is -2.29. The van der Waals surface area contributed by atoms with Gasteiger partial charge < -0.3 is 10.1 Å². The van der Waals surface area contributed by atoms with Gasteiger partial charge >= 0.3 is 0 Å². The topological polar surface area (TPSA) is 38.3 Å². The van der Waals surface area contributed by atoms with Crippen LogP contribution in [0, 0.1) is 5.92 Å². The van der Waals surface area contributed by atoms with E-state index in [1.54, 1.807) is 13.2 Å². The molecule has 0 radical (unpaired) electrons. The molecule has 20 heavy (non-hydrogen) atoms. The molecule has 0 unspecified atom stereocenters. The summed E-state index contributed by atoms with van der Waals surface area (Å²) < 4.78 is 5.10. The molecule has 2 atom stereocenters. The quantitative estimate of drug-likeness (QED) is 0.854. The highest BCUT2D eigenvalue weighted by molar-refractivity contribution is 5.91. The lowest BCUT2D eigenvalue weighted by atomic mass is 9.86. The molecule has 0 saturated heterocycles. The number of carbonyl (C=O) groups excluding carboxylic acids is 1. The molecule has 108 valence electrons. The van der Waals surface area contributed by atoms with Gasteiger partial charge in [-0.25, -0.2) is 0 Å². The normalized spacial score (nSPS) is 22.7. The Morgan fingerprint density at radius 1 is 1.25 bits per heavy atom. The molecular weight excluding hydrogens is 250 g/mol. The van der Waals surface area contributed by atoms with E-state index >= 15 is 0 Å². The molecule has 0 bridgehead atoms. The number of methoxy groups -OCH3 is 1. The van der Waals surface area contributed by atoms with E-state index in [4.69, 9.17) is 4.74 Å². The molecule has 1 aliphatic carbocycles. The van der Waals surface area contributed by atoms with Crippen molar-refractivity contribution in [2.45, 2.75) is 38.6 Å². The monoisotopic (exact) mass is 273 g/mol. The maximum Gasteiger partial charge on any atom is 0.244 e. The summed E-state index contributed by atoms with van der Waals surface area (Å²) in [5, 5.41) is 3.11. The van der Waals surface area contributed by atoms with Gasteiger partial charge in [0.1, 0.15) is 5.75 Å². The van der Waals surface area contributed by atoms with Crippen LogP contribution in [0.15, 0.2) is 30.3 Å². The molecule has 1 aliphatic rings. The molecule has 1 fully saturated rings. The van der Waals surface area contributed by atoms with Crippen molar-refractivity contribution in [2.75, 3.05) is 7.11 Å². The van der Waals surface area contributed by atoms with E-state index in [0.29, 0.717) is 12.0 Å². The highest BCUT2D eigenvalue weighted by Gasteiger charge is 2.21. The van der Waals surface area contributed by atoms with E-state index in [0.717, 1.165) is 17.7 Å². The van der Waals surface area contributed by atoms with Crippen LogP contribution in [0.3, 0.4) is 0 Å². The molecule has 1 amide bonds. The second-order valence-corrected chi connectivity index (χ2v) is 5.48. The summed E-state index contributed by atoms with van der Waals surface area (Å²) in [7, 11) is 1.64. The first-order chi connectivity index (χ1) is 9.69. The van der Waals surface area contributed by atoms with Crippen LogP contribution in [0.25, 0.3) is 6.08 Å². The predicted molar refractivity (Wildman–Crippen MR) is 81.6 cm³/mol. The molecule has 2 rings (SSSR count). The lowest BCUT2D eigenvalue weighted by molar-refractivity contribution is -0.117. The van der Waals surface area contributed by atoms with E-state index in [1.807, 2.05) is 30.3 Å². The van der Waals surface area contributed by atoms with Crippen molar-refractivity contribution in [1.82, 2.24) is 5.32 Å². The summed E-state index contributed by atoms with van der Waals surface area (Å²) in [6.07, 6.45) is 8.27. The summed E-state index contributed by atoms with van der Waals surface area (Å²) in [6, 6.07) is 7.98.